The first-order valence-corrected chi connectivity index (χ1v) is 8.32. The molecule has 3 amide bonds. The molecule has 3 atom stereocenters. The van der Waals surface area contributed by atoms with Crippen LogP contribution in [-0.2, 0) is 9.53 Å². The molecule has 6 nitrogen and oxygen atoms in total. The molecule has 0 aromatic heterocycles. The first kappa shape index (κ1) is 19.4. The van der Waals surface area contributed by atoms with Crippen LogP contribution in [0.25, 0.3) is 0 Å². The van der Waals surface area contributed by atoms with Crippen LogP contribution in [-0.4, -0.2) is 37.2 Å². The first-order valence-electron chi connectivity index (χ1n) is 7.94. The fourth-order valence-corrected chi connectivity index (χ4v) is 2.72. The van der Waals surface area contributed by atoms with E-state index < -0.39 is 29.9 Å². The summed E-state index contributed by atoms with van der Waals surface area (Å²) in [6.07, 6.45) is 1.78. The van der Waals surface area contributed by atoms with Gasteiger partial charge in [-0.3, -0.25) is 10.1 Å². The van der Waals surface area contributed by atoms with Crippen molar-refractivity contribution in [2.45, 2.75) is 31.5 Å². The van der Waals surface area contributed by atoms with Crippen LogP contribution in [0, 0.1) is 5.82 Å². The van der Waals surface area contributed by atoms with Crippen molar-refractivity contribution in [3.8, 4) is 0 Å². The standard InChI is InChI=1S/C17H21ClFN3O3/c1-3-7-20-17(24)22-16(23)10(2)21-14-6-8-25-15(14)11-4-5-12(18)13(19)9-11/h3-5,9-10,14-15,21H,1,6-8H2,2H3,(H2,20,22,23,24)/t10?,14-,15+/m1/s1. The van der Waals surface area contributed by atoms with Gasteiger partial charge in [0.1, 0.15) is 5.82 Å². The third-order valence-electron chi connectivity index (χ3n) is 3.86. The number of imide groups is 1. The maximum atomic E-state index is 13.7. The summed E-state index contributed by atoms with van der Waals surface area (Å²) in [4.78, 5) is 23.6. The summed E-state index contributed by atoms with van der Waals surface area (Å²) >= 11 is 5.71. The minimum Gasteiger partial charge on any atom is -0.372 e. The predicted molar refractivity (Wildman–Crippen MR) is 92.8 cm³/mol. The van der Waals surface area contributed by atoms with Crippen molar-refractivity contribution in [1.82, 2.24) is 16.0 Å². The number of rotatable bonds is 6. The summed E-state index contributed by atoms with van der Waals surface area (Å²) in [5.41, 5.74) is 0.647. The molecule has 1 aromatic carbocycles. The van der Waals surface area contributed by atoms with E-state index in [0.717, 1.165) is 0 Å². The number of hydrogen-bond donors (Lipinski definition) is 3. The Morgan fingerprint density at radius 3 is 2.96 bits per heavy atom. The smallest absolute Gasteiger partial charge is 0.321 e. The van der Waals surface area contributed by atoms with Gasteiger partial charge in [-0.1, -0.05) is 23.7 Å². The van der Waals surface area contributed by atoms with Gasteiger partial charge in [-0.15, -0.1) is 6.58 Å². The van der Waals surface area contributed by atoms with E-state index in [1.54, 1.807) is 13.0 Å². The Balaban J connectivity index is 1.95. The number of nitrogens with one attached hydrogen (secondary N) is 3. The van der Waals surface area contributed by atoms with E-state index in [1.165, 1.54) is 18.2 Å². The molecule has 1 fully saturated rings. The Hall–Kier alpha value is -1.96. The minimum atomic E-state index is -0.624. The van der Waals surface area contributed by atoms with E-state index in [4.69, 9.17) is 16.3 Å². The van der Waals surface area contributed by atoms with Crippen molar-refractivity contribution in [1.29, 1.82) is 0 Å². The topological polar surface area (TPSA) is 79.5 Å². The van der Waals surface area contributed by atoms with Gasteiger partial charge >= 0.3 is 6.03 Å². The van der Waals surface area contributed by atoms with Crippen molar-refractivity contribution in [2.24, 2.45) is 0 Å². The average Bonchev–Trinajstić information content (AvgIpc) is 3.03. The molecule has 1 aliphatic rings. The third kappa shape index (κ3) is 5.26. The fraction of sp³-hybridized carbons (Fsp3) is 0.412. The predicted octanol–water partition coefficient (Wildman–Crippen LogP) is 2.30. The zero-order valence-electron chi connectivity index (χ0n) is 13.9. The highest BCUT2D eigenvalue weighted by atomic mass is 35.5. The number of halogens is 2. The van der Waals surface area contributed by atoms with Gasteiger partial charge in [-0.05, 0) is 31.0 Å². The number of carbonyl (C=O) groups excluding carboxylic acids is 2. The highest BCUT2D eigenvalue weighted by Gasteiger charge is 2.32. The van der Waals surface area contributed by atoms with E-state index in [2.05, 4.69) is 22.5 Å². The van der Waals surface area contributed by atoms with Crippen LogP contribution in [0.2, 0.25) is 5.02 Å². The molecule has 2 rings (SSSR count). The second kappa shape index (κ2) is 8.94. The second-order valence-electron chi connectivity index (χ2n) is 5.74. The van der Waals surface area contributed by atoms with Gasteiger partial charge in [0.05, 0.1) is 17.2 Å². The Kier molecular flexibility index (Phi) is 6.92. The lowest BCUT2D eigenvalue weighted by Crippen LogP contribution is -2.51. The number of hydrogen-bond acceptors (Lipinski definition) is 4. The maximum Gasteiger partial charge on any atom is 0.321 e. The quantitative estimate of drug-likeness (QED) is 0.672. The summed E-state index contributed by atoms with van der Waals surface area (Å²) < 4.78 is 19.3. The van der Waals surface area contributed by atoms with Crippen molar-refractivity contribution >= 4 is 23.5 Å². The Bertz CT molecular complexity index is 656. The average molecular weight is 370 g/mol. The SMILES string of the molecule is C=CCNC(=O)NC(=O)C(C)N[C@@H]1CCO[C@H]1c1ccc(Cl)c(F)c1. The molecule has 136 valence electrons. The summed E-state index contributed by atoms with van der Waals surface area (Å²) in [5, 5.41) is 7.88. The molecule has 1 aliphatic heterocycles. The Morgan fingerprint density at radius 2 is 2.28 bits per heavy atom. The number of carbonyl (C=O) groups is 2. The van der Waals surface area contributed by atoms with Crippen LogP contribution in [0.15, 0.2) is 30.9 Å². The van der Waals surface area contributed by atoms with Crippen LogP contribution in [0.4, 0.5) is 9.18 Å². The molecule has 8 heteroatoms. The highest BCUT2D eigenvalue weighted by molar-refractivity contribution is 6.30. The lowest BCUT2D eigenvalue weighted by Gasteiger charge is -2.24. The normalized spacial score (nSPS) is 20.8. The van der Waals surface area contributed by atoms with Crippen LogP contribution in [0.3, 0.4) is 0 Å². The van der Waals surface area contributed by atoms with E-state index in [1.807, 2.05) is 0 Å². The second-order valence-corrected chi connectivity index (χ2v) is 6.14. The summed E-state index contributed by atoms with van der Waals surface area (Å²) in [6, 6.07) is 3.12. The molecule has 0 radical (unpaired) electrons. The van der Waals surface area contributed by atoms with Gasteiger partial charge in [0.2, 0.25) is 5.91 Å². The molecular weight excluding hydrogens is 349 g/mol. The first-order chi connectivity index (χ1) is 11.9. The number of urea groups is 1. The molecule has 0 bridgehead atoms. The third-order valence-corrected chi connectivity index (χ3v) is 4.17. The molecule has 1 saturated heterocycles. The molecule has 1 unspecified atom stereocenters. The van der Waals surface area contributed by atoms with E-state index in [0.29, 0.717) is 18.6 Å². The number of benzene rings is 1. The lowest BCUT2D eigenvalue weighted by atomic mass is 10.0. The number of amides is 3. The minimum absolute atomic E-state index is 0.0459. The van der Waals surface area contributed by atoms with Gasteiger partial charge in [0.25, 0.3) is 0 Å². The van der Waals surface area contributed by atoms with Gasteiger partial charge in [0, 0.05) is 19.2 Å². The van der Waals surface area contributed by atoms with Gasteiger partial charge in [-0.2, -0.15) is 0 Å². The van der Waals surface area contributed by atoms with Crippen molar-refractivity contribution in [3.63, 3.8) is 0 Å². The van der Waals surface area contributed by atoms with Crippen molar-refractivity contribution in [3.05, 3.63) is 47.3 Å². The molecule has 1 heterocycles. The molecule has 1 aromatic rings. The zero-order valence-corrected chi connectivity index (χ0v) is 14.6. The van der Waals surface area contributed by atoms with Crippen molar-refractivity contribution < 1.29 is 18.7 Å². The van der Waals surface area contributed by atoms with Crippen LogP contribution < -0.4 is 16.0 Å². The monoisotopic (exact) mass is 369 g/mol. The van der Waals surface area contributed by atoms with E-state index >= 15 is 0 Å². The Morgan fingerprint density at radius 1 is 1.52 bits per heavy atom. The fourth-order valence-electron chi connectivity index (χ4n) is 2.60. The molecule has 0 spiro atoms. The highest BCUT2D eigenvalue weighted by Crippen LogP contribution is 2.31. The van der Waals surface area contributed by atoms with Crippen molar-refractivity contribution in [2.75, 3.05) is 13.2 Å². The van der Waals surface area contributed by atoms with Gasteiger partial charge in [-0.25, -0.2) is 9.18 Å². The zero-order chi connectivity index (χ0) is 18.4. The Labute approximate surface area is 150 Å². The molecule has 3 N–H and O–H groups in total. The lowest BCUT2D eigenvalue weighted by molar-refractivity contribution is -0.121. The summed E-state index contributed by atoms with van der Waals surface area (Å²) in [7, 11) is 0. The summed E-state index contributed by atoms with van der Waals surface area (Å²) in [5.74, 6) is -0.979. The van der Waals surface area contributed by atoms with Crippen LogP contribution in [0.1, 0.15) is 25.0 Å². The molecule has 25 heavy (non-hydrogen) atoms. The molecule has 0 aliphatic carbocycles. The van der Waals surface area contributed by atoms with Gasteiger partial charge < -0.3 is 15.4 Å². The largest absolute Gasteiger partial charge is 0.372 e. The van der Waals surface area contributed by atoms with E-state index in [9.17, 15) is 14.0 Å². The number of ether oxygens (including phenoxy) is 1. The molecular formula is C17H21ClFN3O3. The maximum absolute atomic E-state index is 13.7. The van der Waals surface area contributed by atoms with Crippen LogP contribution >= 0.6 is 11.6 Å². The molecule has 0 saturated carbocycles. The van der Waals surface area contributed by atoms with E-state index in [-0.39, 0.29) is 17.6 Å². The van der Waals surface area contributed by atoms with Crippen LogP contribution in [0.5, 0.6) is 0 Å². The van der Waals surface area contributed by atoms with Gasteiger partial charge in [0.15, 0.2) is 0 Å². The summed E-state index contributed by atoms with van der Waals surface area (Å²) in [6.45, 7) is 5.87.